The van der Waals surface area contributed by atoms with E-state index in [1.165, 1.54) is 5.56 Å². The Bertz CT molecular complexity index is 665. The quantitative estimate of drug-likeness (QED) is 0.903. The number of carbonyl (C=O) groups excluding carboxylic acids is 1. The molecule has 1 aromatic heterocycles. The highest BCUT2D eigenvalue weighted by Gasteiger charge is 2.17. The summed E-state index contributed by atoms with van der Waals surface area (Å²) >= 11 is 0. The smallest absolute Gasteiger partial charge is 0.248 e. The minimum absolute atomic E-state index is 0.0668. The number of nitrogens with zero attached hydrogens (tertiary/aromatic N) is 2. The van der Waals surface area contributed by atoms with E-state index in [2.05, 4.69) is 20.8 Å². The molecule has 2 heterocycles. The topological polar surface area (TPSA) is 80.0 Å². The molecule has 110 valence electrons. The Morgan fingerprint density at radius 3 is 3.05 bits per heavy atom. The fourth-order valence-corrected chi connectivity index (χ4v) is 2.36. The van der Waals surface area contributed by atoms with Crippen molar-refractivity contribution in [2.45, 2.75) is 39.2 Å². The largest absolute Gasteiger partial charge is 0.374 e. The second-order valence-corrected chi connectivity index (χ2v) is 5.19. The first-order chi connectivity index (χ1) is 10.2. The summed E-state index contributed by atoms with van der Waals surface area (Å²) in [4.78, 5) is 15.8. The minimum atomic E-state index is -0.0878. The van der Waals surface area contributed by atoms with Gasteiger partial charge in [-0.05, 0) is 31.0 Å². The second-order valence-electron chi connectivity index (χ2n) is 5.19. The molecule has 1 aliphatic rings. The van der Waals surface area contributed by atoms with Crippen molar-refractivity contribution in [2.24, 2.45) is 0 Å². The molecule has 1 unspecified atom stereocenters. The second kappa shape index (κ2) is 5.55. The van der Waals surface area contributed by atoms with Gasteiger partial charge in [0.05, 0.1) is 0 Å². The van der Waals surface area contributed by atoms with E-state index in [9.17, 15) is 4.79 Å². The van der Waals surface area contributed by atoms with Crippen LogP contribution in [0.2, 0.25) is 0 Å². The number of carbonyl (C=O) groups is 1. The van der Waals surface area contributed by atoms with Crippen molar-refractivity contribution in [1.82, 2.24) is 10.1 Å². The van der Waals surface area contributed by atoms with Crippen molar-refractivity contribution in [2.75, 3.05) is 10.6 Å². The Morgan fingerprint density at radius 1 is 1.43 bits per heavy atom. The molecule has 0 saturated heterocycles. The van der Waals surface area contributed by atoms with E-state index >= 15 is 0 Å². The summed E-state index contributed by atoms with van der Waals surface area (Å²) in [6.07, 6.45) is 2.10. The molecule has 0 spiro atoms. The molecule has 21 heavy (non-hydrogen) atoms. The highest BCUT2D eigenvalue weighted by molar-refractivity contribution is 5.94. The molecule has 1 aliphatic heterocycles. The maximum atomic E-state index is 11.5. The van der Waals surface area contributed by atoms with Crippen molar-refractivity contribution in [3.8, 4) is 0 Å². The predicted molar refractivity (Wildman–Crippen MR) is 79.1 cm³/mol. The zero-order chi connectivity index (χ0) is 14.8. The Hall–Kier alpha value is -2.37. The van der Waals surface area contributed by atoms with Crippen LogP contribution in [0.25, 0.3) is 0 Å². The van der Waals surface area contributed by atoms with E-state index in [-0.39, 0.29) is 11.9 Å². The van der Waals surface area contributed by atoms with Crippen LogP contribution in [0.15, 0.2) is 22.7 Å². The van der Waals surface area contributed by atoms with Crippen LogP contribution in [0, 0.1) is 0 Å². The zero-order valence-electron chi connectivity index (χ0n) is 12.1. The molecule has 2 aromatic rings. The summed E-state index contributed by atoms with van der Waals surface area (Å²) in [6.45, 7) is 3.95. The van der Waals surface area contributed by atoms with Gasteiger partial charge in [-0.15, -0.1) is 0 Å². The first-order valence-corrected chi connectivity index (χ1v) is 7.17. The van der Waals surface area contributed by atoms with E-state index in [1.807, 2.05) is 32.0 Å². The number of aryl methyl sites for hydroxylation is 2. The normalized spacial score (nSPS) is 15.2. The molecular weight excluding hydrogens is 268 g/mol. The predicted octanol–water partition coefficient (Wildman–Crippen LogP) is 2.69. The van der Waals surface area contributed by atoms with Gasteiger partial charge >= 0.3 is 0 Å². The molecule has 1 aromatic carbocycles. The summed E-state index contributed by atoms with van der Waals surface area (Å²) in [5, 5.41) is 10.1. The lowest BCUT2D eigenvalue weighted by Gasteiger charge is -2.19. The molecule has 0 radical (unpaired) electrons. The lowest BCUT2D eigenvalue weighted by Crippen LogP contribution is -2.19. The lowest BCUT2D eigenvalue weighted by molar-refractivity contribution is -0.116. The van der Waals surface area contributed by atoms with Gasteiger partial charge in [0.2, 0.25) is 11.8 Å². The van der Waals surface area contributed by atoms with Crippen LogP contribution >= 0.6 is 0 Å². The van der Waals surface area contributed by atoms with Crippen LogP contribution in [0.3, 0.4) is 0 Å². The SMILES string of the molecule is CCc1noc(C(C)Nc2ccc3c(c2)NC(=O)CC3)n1. The lowest BCUT2D eigenvalue weighted by atomic mass is 10.0. The third kappa shape index (κ3) is 2.89. The third-order valence-electron chi connectivity index (χ3n) is 3.56. The van der Waals surface area contributed by atoms with Crippen molar-refractivity contribution in [3.63, 3.8) is 0 Å². The van der Waals surface area contributed by atoms with Gasteiger partial charge in [-0.25, -0.2) is 0 Å². The van der Waals surface area contributed by atoms with E-state index in [4.69, 9.17) is 4.52 Å². The van der Waals surface area contributed by atoms with E-state index in [0.717, 1.165) is 24.2 Å². The number of amides is 1. The van der Waals surface area contributed by atoms with Crippen molar-refractivity contribution in [3.05, 3.63) is 35.5 Å². The van der Waals surface area contributed by atoms with Gasteiger partial charge in [0.1, 0.15) is 6.04 Å². The first kappa shape index (κ1) is 13.6. The molecule has 3 rings (SSSR count). The van der Waals surface area contributed by atoms with E-state index in [1.54, 1.807) is 0 Å². The van der Waals surface area contributed by atoms with Crippen LogP contribution in [0.4, 0.5) is 11.4 Å². The van der Waals surface area contributed by atoms with Crippen molar-refractivity contribution in [1.29, 1.82) is 0 Å². The number of hydrogen-bond acceptors (Lipinski definition) is 5. The monoisotopic (exact) mass is 286 g/mol. The van der Waals surface area contributed by atoms with E-state index in [0.29, 0.717) is 18.1 Å². The minimum Gasteiger partial charge on any atom is -0.374 e. The summed E-state index contributed by atoms with van der Waals surface area (Å²) in [5.41, 5.74) is 2.96. The number of fused-ring (bicyclic) bond motifs is 1. The molecule has 6 heteroatoms. The molecule has 0 saturated carbocycles. The maximum absolute atomic E-state index is 11.5. The van der Waals surface area contributed by atoms with Gasteiger partial charge in [-0.1, -0.05) is 18.1 Å². The number of anilines is 2. The Kier molecular flexibility index (Phi) is 3.60. The molecule has 0 fully saturated rings. The molecule has 0 aliphatic carbocycles. The van der Waals surface area contributed by atoms with Gasteiger partial charge in [-0.3, -0.25) is 4.79 Å². The zero-order valence-corrected chi connectivity index (χ0v) is 12.1. The maximum Gasteiger partial charge on any atom is 0.248 e. The molecule has 6 nitrogen and oxygen atoms in total. The fraction of sp³-hybridized carbons (Fsp3) is 0.400. The number of nitrogens with one attached hydrogen (secondary N) is 2. The van der Waals surface area contributed by atoms with Crippen LogP contribution < -0.4 is 10.6 Å². The summed E-state index contributed by atoms with van der Waals surface area (Å²) in [7, 11) is 0. The average Bonchev–Trinajstić information content (AvgIpc) is 2.96. The van der Waals surface area contributed by atoms with E-state index < -0.39 is 0 Å². The van der Waals surface area contributed by atoms with Crippen molar-refractivity contribution < 1.29 is 9.32 Å². The molecule has 1 atom stereocenters. The Balaban J connectivity index is 1.75. The number of aromatic nitrogens is 2. The fourth-order valence-electron chi connectivity index (χ4n) is 2.36. The standard InChI is InChI=1S/C15H18N4O2/c1-3-13-18-15(21-19-13)9(2)16-11-6-4-10-5-7-14(20)17-12(10)8-11/h4,6,8-9,16H,3,5,7H2,1-2H3,(H,17,20). The highest BCUT2D eigenvalue weighted by atomic mass is 16.5. The molecule has 2 N–H and O–H groups in total. The van der Waals surface area contributed by atoms with Gasteiger partial charge in [0, 0.05) is 24.2 Å². The first-order valence-electron chi connectivity index (χ1n) is 7.17. The van der Waals surface area contributed by atoms with Crippen molar-refractivity contribution >= 4 is 17.3 Å². The molecule has 0 bridgehead atoms. The van der Waals surface area contributed by atoms with Gasteiger partial charge in [0.25, 0.3) is 0 Å². The summed E-state index contributed by atoms with van der Waals surface area (Å²) < 4.78 is 5.23. The van der Waals surface area contributed by atoms with Crippen LogP contribution in [0.1, 0.15) is 43.6 Å². The van der Waals surface area contributed by atoms with Crippen LogP contribution in [-0.4, -0.2) is 16.0 Å². The molecular formula is C15H18N4O2. The van der Waals surface area contributed by atoms with Gasteiger partial charge in [-0.2, -0.15) is 4.98 Å². The Morgan fingerprint density at radius 2 is 2.29 bits per heavy atom. The van der Waals surface area contributed by atoms with Gasteiger partial charge in [0.15, 0.2) is 5.82 Å². The average molecular weight is 286 g/mol. The summed E-state index contributed by atoms with van der Waals surface area (Å²) in [6, 6.07) is 5.90. The number of benzene rings is 1. The Labute approximate surface area is 122 Å². The third-order valence-corrected chi connectivity index (χ3v) is 3.56. The number of rotatable bonds is 4. The van der Waals surface area contributed by atoms with Gasteiger partial charge < -0.3 is 15.2 Å². The summed E-state index contributed by atoms with van der Waals surface area (Å²) in [5.74, 6) is 1.34. The number of hydrogen-bond donors (Lipinski definition) is 2. The van der Waals surface area contributed by atoms with Crippen LogP contribution in [-0.2, 0) is 17.6 Å². The molecule has 1 amide bonds. The van der Waals surface area contributed by atoms with Crippen LogP contribution in [0.5, 0.6) is 0 Å². The highest BCUT2D eigenvalue weighted by Crippen LogP contribution is 2.27.